The van der Waals surface area contributed by atoms with E-state index in [-0.39, 0.29) is 11.9 Å². The quantitative estimate of drug-likeness (QED) is 0.828. The molecule has 1 aromatic carbocycles. The van der Waals surface area contributed by atoms with Crippen LogP contribution in [0.4, 0.5) is 0 Å². The van der Waals surface area contributed by atoms with Gasteiger partial charge in [0.2, 0.25) is 5.91 Å². The van der Waals surface area contributed by atoms with Crippen LogP contribution in [0.5, 0.6) is 0 Å². The molecule has 0 radical (unpaired) electrons. The lowest BCUT2D eigenvalue weighted by molar-refractivity contribution is -0.131. The summed E-state index contributed by atoms with van der Waals surface area (Å²) >= 11 is 0. The third-order valence-electron chi connectivity index (χ3n) is 4.12. The smallest absolute Gasteiger partial charge is 0.227 e. The molecule has 0 aromatic heterocycles. The van der Waals surface area contributed by atoms with Gasteiger partial charge >= 0.3 is 0 Å². The Morgan fingerprint density at radius 1 is 1.37 bits per heavy atom. The van der Waals surface area contributed by atoms with Crippen LogP contribution in [0.1, 0.15) is 50.8 Å². The molecule has 0 saturated heterocycles. The van der Waals surface area contributed by atoms with Crippen LogP contribution in [0.15, 0.2) is 24.3 Å². The molecular formula is C16H26N2O. The summed E-state index contributed by atoms with van der Waals surface area (Å²) in [5.74, 6) is 0.0639. The molecule has 1 rings (SSSR count). The zero-order valence-corrected chi connectivity index (χ0v) is 12.5. The fourth-order valence-corrected chi connectivity index (χ4v) is 2.33. The van der Waals surface area contributed by atoms with Crippen molar-refractivity contribution < 1.29 is 4.79 Å². The topological polar surface area (TPSA) is 55.1 Å². The van der Waals surface area contributed by atoms with Crippen LogP contribution in [0.25, 0.3) is 0 Å². The fourth-order valence-electron chi connectivity index (χ4n) is 2.33. The van der Waals surface area contributed by atoms with Gasteiger partial charge in [-0.05, 0) is 32.3 Å². The Morgan fingerprint density at radius 3 is 2.47 bits per heavy atom. The van der Waals surface area contributed by atoms with Crippen LogP contribution in [0.3, 0.4) is 0 Å². The number of carbonyl (C=O) groups excluding carboxylic acids is 1. The van der Waals surface area contributed by atoms with Crippen LogP contribution in [-0.4, -0.2) is 12.5 Å². The highest BCUT2D eigenvalue weighted by Gasteiger charge is 2.33. The summed E-state index contributed by atoms with van der Waals surface area (Å²) in [7, 11) is 0. The van der Waals surface area contributed by atoms with Gasteiger partial charge in [-0.2, -0.15) is 0 Å². The average Bonchev–Trinajstić information content (AvgIpc) is 2.41. The molecule has 106 valence electrons. The number of rotatable bonds is 6. The molecule has 0 spiro atoms. The molecule has 0 aliphatic rings. The second-order valence-corrected chi connectivity index (χ2v) is 5.30. The highest BCUT2D eigenvalue weighted by Crippen LogP contribution is 2.26. The summed E-state index contributed by atoms with van der Waals surface area (Å²) in [5, 5.41) is 3.10. The Kier molecular flexibility index (Phi) is 5.55. The number of amides is 1. The average molecular weight is 262 g/mol. The number of aryl methyl sites for hydroxylation is 1. The first-order valence-electron chi connectivity index (χ1n) is 7.06. The lowest BCUT2D eigenvalue weighted by Crippen LogP contribution is -2.46. The van der Waals surface area contributed by atoms with E-state index in [1.807, 2.05) is 32.9 Å². The van der Waals surface area contributed by atoms with E-state index in [1.165, 1.54) is 5.56 Å². The van der Waals surface area contributed by atoms with Gasteiger partial charge in [0.05, 0.1) is 11.5 Å². The Balaban J connectivity index is 2.81. The predicted octanol–water partition coefficient (Wildman–Crippen LogP) is 2.94. The minimum atomic E-state index is -0.432. The maximum absolute atomic E-state index is 12.4. The Bertz CT molecular complexity index is 416. The molecule has 1 amide bonds. The molecule has 0 unspecified atom stereocenters. The summed E-state index contributed by atoms with van der Waals surface area (Å²) in [5.41, 5.74) is 7.71. The van der Waals surface area contributed by atoms with E-state index in [1.54, 1.807) is 0 Å². The maximum atomic E-state index is 12.4. The lowest BCUT2D eigenvalue weighted by Gasteiger charge is -2.30. The lowest BCUT2D eigenvalue weighted by atomic mass is 9.81. The number of hydrogen-bond acceptors (Lipinski definition) is 2. The summed E-state index contributed by atoms with van der Waals surface area (Å²) in [6, 6.07) is 8.23. The molecule has 0 aliphatic heterocycles. The van der Waals surface area contributed by atoms with Crippen LogP contribution in [0.2, 0.25) is 0 Å². The van der Waals surface area contributed by atoms with Crippen molar-refractivity contribution in [3.8, 4) is 0 Å². The van der Waals surface area contributed by atoms with Gasteiger partial charge in [0, 0.05) is 6.54 Å². The van der Waals surface area contributed by atoms with Crippen molar-refractivity contribution in [1.29, 1.82) is 0 Å². The van der Waals surface area contributed by atoms with Gasteiger partial charge in [-0.15, -0.1) is 0 Å². The SMILES string of the molecule is CCC(CC)(CN)C(=O)N[C@@H](C)c1cccc(C)c1. The number of nitrogens with one attached hydrogen (secondary N) is 1. The van der Waals surface area contributed by atoms with Crippen molar-refractivity contribution in [2.45, 2.75) is 46.6 Å². The van der Waals surface area contributed by atoms with Crippen molar-refractivity contribution in [3.05, 3.63) is 35.4 Å². The summed E-state index contributed by atoms with van der Waals surface area (Å²) < 4.78 is 0. The summed E-state index contributed by atoms with van der Waals surface area (Å²) in [6.07, 6.45) is 1.54. The third-order valence-corrected chi connectivity index (χ3v) is 4.12. The van der Waals surface area contributed by atoms with E-state index in [9.17, 15) is 4.79 Å². The van der Waals surface area contributed by atoms with E-state index < -0.39 is 5.41 Å². The van der Waals surface area contributed by atoms with Crippen molar-refractivity contribution in [2.75, 3.05) is 6.54 Å². The van der Waals surface area contributed by atoms with Crippen LogP contribution < -0.4 is 11.1 Å². The largest absolute Gasteiger partial charge is 0.349 e. The highest BCUT2D eigenvalue weighted by atomic mass is 16.2. The number of carbonyl (C=O) groups is 1. The van der Waals surface area contributed by atoms with Crippen LogP contribution >= 0.6 is 0 Å². The molecule has 0 bridgehead atoms. The molecule has 3 nitrogen and oxygen atoms in total. The van der Waals surface area contributed by atoms with E-state index in [2.05, 4.69) is 24.4 Å². The molecule has 1 aromatic rings. The molecular weight excluding hydrogens is 236 g/mol. The molecule has 19 heavy (non-hydrogen) atoms. The molecule has 0 aliphatic carbocycles. The molecule has 0 heterocycles. The van der Waals surface area contributed by atoms with E-state index >= 15 is 0 Å². The normalized spacial score (nSPS) is 13.1. The Labute approximate surface area is 116 Å². The Morgan fingerprint density at radius 2 is 2.00 bits per heavy atom. The van der Waals surface area contributed by atoms with Gasteiger partial charge in [0.15, 0.2) is 0 Å². The maximum Gasteiger partial charge on any atom is 0.227 e. The fraction of sp³-hybridized carbons (Fsp3) is 0.562. The zero-order chi connectivity index (χ0) is 14.5. The van der Waals surface area contributed by atoms with Gasteiger partial charge < -0.3 is 11.1 Å². The van der Waals surface area contributed by atoms with Gasteiger partial charge in [-0.25, -0.2) is 0 Å². The van der Waals surface area contributed by atoms with Crippen molar-refractivity contribution in [1.82, 2.24) is 5.32 Å². The molecule has 3 heteroatoms. The van der Waals surface area contributed by atoms with E-state index in [0.29, 0.717) is 6.54 Å². The van der Waals surface area contributed by atoms with Gasteiger partial charge in [-0.1, -0.05) is 43.7 Å². The molecule has 1 atom stereocenters. The second kappa shape index (κ2) is 6.71. The number of hydrogen-bond donors (Lipinski definition) is 2. The minimum Gasteiger partial charge on any atom is -0.349 e. The van der Waals surface area contributed by atoms with E-state index in [0.717, 1.165) is 18.4 Å². The Hall–Kier alpha value is -1.35. The summed E-state index contributed by atoms with van der Waals surface area (Å²) in [4.78, 5) is 12.4. The third kappa shape index (κ3) is 3.57. The zero-order valence-electron chi connectivity index (χ0n) is 12.5. The monoisotopic (exact) mass is 262 g/mol. The van der Waals surface area contributed by atoms with Crippen molar-refractivity contribution in [3.63, 3.8) is 0 Å². The first-order chi connectivity index (χ1) is 8.99. The van der Waals surface area contributed by atoms with Crippen molar-refractivity contribution in [2.24, 2.45) is 11.1 Å². The summed E-state index contributed by atoms with van der Waals surface area (Å²) in [6.45, 7) is 8.51. The second-order valence-electron chi connectivity index (χ2n) is 5.30. The molecule has 0 fully saturated rings. The molecule has 0 saturated carbocycles. The first kappa shape index (κ1) is 15.7. The van der Waals surface area contributed by atoms with Crippen LogP contribution in [-0.2, 0) is 4.79 Å². The number of benzene rings is 1. The van der Waals surface area contributed by atoms with Gasteiger partial charge in [-0.3, -0.25) is 4.79 Å². The van der Waals surface area contributed by atoms with Gasteiger partial charge in [0.25, 0.3) is 0 Å². The van der Waals surface area contributed by atoms with Gasteiger partial charge in [0.1, 0.15) is 0 Å². The highest BCUT2D eigenvalue weighted by molar-refractivity contribution is 5.83. The molecule has 3 N–H and O–H groups in total. The first-order valence-corrected chi connectivity index (χ1v) is 7.06. The van der Waals surface area contributed by atoms with E-state index in [4.69, 9.17) is 5.73 Å². The number of nitrogens with two attached hydrogens (primary N) is 1. The van der Waals surface area contributed by atoms with Crippen LogP contribution in [0, 0.1) is 12.3 Å². The minimum absolute atomic E-state index is 0.0106. The standard InChI is InChI=1S/C16H26N2O/c1-5-16(6-2,11-17)15(19)18-13(4)14-9-7-8-12(3)10-14/h7-10,13H,5-6,11,17H2,1-4H3,(H,18,19)/t13-/m0/s1. The predicted molar refractivity (Wildman–Crippen MR) is 79.8 cm³/mol. The van der Waals surface area contributed by atoms with Crippen molar-refractivity contribution >= 4 is 5.91 Å².